The predicted molar refractivity (Wildman–Crippen MR) is 71.1 cm³/mol. The van der Waals surface area contributed by atoms with Gasteiger partial charge in [0, 0.05) is 21.3 Å². The van der Waals surface area contributed by atoms with E-state index in [1.807, 2.05) is 0 Å². The molecule has 0 N–H and O–H groups in total. The van der Waals surface area contributed by atoms with Gasteiger partial charge in [0.05, 0.1) is 0 Å². The first-order valence-corrected chi connectivity index (χ1v) is 7.69. The Morgan fingerprint density at radius 1 is 1.06 bits per heavy atom. The lowest BCUT2D eigenvalue weighted by atomic mass is 9.40. The minimum absolute atomic E-state index is 0.169. The fourth-order valence-electron chi connectivity index (χ4n) is 6.11. The first kappa shape index (κ1) is 11.4. The smallest absolute Gasteiger partial charge is 0.284 e. The molecule has 5 rings (SSSR count). The molecule has 18 heavy (non-hydrogen) atoms. The number of rotatable bonds is 1. The van der Waals surface area contributed by atoms with Gasteiger partial charge in [-0.25, -0.2) is 0 Å². The number of hydrogen-bond donors (Lipinski definition) is 0. The molecular formula is C14H19BrN2O. The molecule has 1 aromatic heterocycles. The van der Waals surface area contributed by atoms with Crippen LogP contribution >= 0.6 is 15.9 Å². The monoisotopic (exact) mass is 310 g/mol. The zero-order valence-corrected chi connectivity index (χ0v) is 12.6. The molecule has 4 heteroatoms. The number of aromatic nitrogens is 2. The van der Waals surface area contributed by atoms with Crippen molar-refractivity contribution < 1.29 is 4.42 Å². The van der Waals surface area contributed by atoms with Crippen molar-refractivity contribution in [3.63, 3.8) is 0 Å². The highest BCUT2D eigenvalue weighted by atomic mass is 79.9. The molecule has 2 atom stereocenters. The second-order valence-electron chi connectivity index (χ2n) is 7.77. The SMILES string of the molecule is CC12CC3CC(C)(C1)CC(c1nnc(Br)o1)(C3)C2. The van der Waals surface area contributed by atoms with Crippen LogP contribution in [0.1, 0.15) is 58.3 Å². The summed E-state index contributed by atoms with van der Waals surface area (Å²) in [6, 6.07) is 0. The van der Waals surface area contributed by atoms with E-state index in [-0.39, 0.29) is 5.41 Å². The Bertz CT molecular complexity index is 494. The molecular weight excluding hydrogens is 292 g/mol. The first-order valence-electron chi connectivity index (χ1n) is 6.90. The van der Waals surface area contributed by atoms with E-state index in [0.717, 1.165) is 11.8 Å². The Kier molecular flexibility index (Phi) is 2.03. The van der Waals surface area contributed by atoms with Crippen molar-refractivity contribution >= 4 is 15.9 Å². The predicted octanol–water partition coefficient (Wildman–Crippen LogP) is 4.08. The zero-order chi connectivity index (χ0) is 12.6. The second kappa shape index (κ2) is 3.20. The molecule has 0 aromatic carbocycles. The van der Waals surface area contributed by atoms with Crippen LogP contribution in [-0.4, -0.2) is 10.2 Å². The average Bonchev–Trinajstić information content (AvgIpc) is 2.59. The molecule has 0 amide bonds. The number of nitrogens with zero attached hydrogens (tertiary/aromatic N) is 2. The van der Waals surface area contributed by atoms with Crippen LogP contribution in [0.5, 0.6) is 0 Å². The van der Waals surface area contributed by atoms with Crippen LogP contribution in [0.4, 0.5) is 0 Å². The largest absolute Gasteiger partial charge is 0.415 e. The summed E-state index contributed by atoms with van der Waals surface area (Å²) in [5.41, 5.74) is 1.16. The molecule has 0 aliphatic heterocycles. The highest BCUT2D eigenvalue weighted by molar-refractivity contribution is 9.10. The van der Waals surface area contributed by atoms with Crippen LogP contribution in [-0.2, 0) is 5.41 Å². The van der Waals surface area contributed by atoms with Crippen molar-refractivity contribution in [3.05, 3.63) is 10.7 Å². The molecule has 1 heterocycles. The van der Waals surface area contributed by atoms with Gasteiger partial charge in [-0.05, 0) is 55.3 Å². The average molecular weight is 311 g/mol. The van der Waals surface area contributed by atoms with Gasteiger partial charge in [-0.3, -0.25) is 0 Å². The Balaban J connectivity index is 1.82. The van der Waals surface area contributed by atoms with Gasteiger partial charge >= 0.3 is 0 Å². The van der Waals surface area contributed by atoms with Gasteiger partial charge in [0.2, 0.25) is 5.89 Å². The van der Waals surface area contributed by atoms with Gasteiger partial charge < -0.3 is 4.42 Å². The highest BCUT2D eigenvalue weighted by Gasteiger charge is 2.62. The topological polar surface area (TPSA) is 38.9 Å². The summed E-state index contributed by atoms with van der Waals surface area (Å²) in [4.78, 5) is 0.531. The minimum Gasteiger partial charge on any atom is -0.415 e. The van der Waals surface area contributed by atoms with Crippen LogP contribution in [0.15, 0.2) is 9.22 Å². The molecule has 0 radical (unpaired) electrons. The summed E-state index contributed by atoms with van der Waals surface area (Å²) in [6.45, 7) is 4.94. The molecule has 0 saturated heterocycles. The van der Waals surface area contributed by atoms with E-state index in [0.29, 0.717) is 15.6 Å². The molecule has 4 fully saturated rings. The quantitative estimate of drug-likeness (QED) is 0.784. The van der Waals surface area contributed by atoms with E-state index in [9.17, 15) is 0 Å². The molecule has 98 valence electrons. The summed E-state index contributed by atoms with van der Waals surface area (Å²) >= 11 is 3.30. The molecule has 4 saturated carbocycles. The lowest BCUT2D eigenvalue weighted by Crippen LogP contribution is -2.57. The summed E-state index contributed by atoms with van der Waals surface area (Å²) in [5, 5.41) is 8.32. The van der Waals surface area contributed by atoms with Crippen LogP contribution in [0, 0.1) is 16.7 Å². The maximum atomic E-state index is 5.75. The lowest BCUT2D eigenvalue weighted by molar-refractivity contribution is -0.117. The normalized spacial score (nSPS) is 49.8. The fourth-order valence-corrected chi connectivity index (χ4v) is 6.34. The van der Waals surface area contributed by atoms with Crippen LogP contribution < -0.4 is 0 Å². The summed E-state index contributed by atoms with van der Waals surface area (Å²) in [7, 11) is 0. The van der Waals surface area contributed by atoms with Gasteiger partial charge in [0.25, 0.3) is 4.80 Å². The van der Waals surface area contributed by atoms with E-state index in [2.05, 4.69) is 40.0 Å². The molecule has 4 bridgehead atoms. The van der Waals surface area contributed by atoms with E-state index in [1.165, 1.54) is 38.5 Å². The molecule has 3 nitrogen and oxygen atoms in total. The summed E-state index contributed by atoms with van der Waals surface area (Å²) in [5.74, 6) is 1.75. The molecule has 0 spiro atoms. The van der Waals surface area contributed by atoms with E-state index >= 15 is 0 Å². The molecule has 4 aliphatic carbocycles. The van der Waals surface area contributed by atoms with Crippen LogP contribution in [0.2, 0.25) is 0 Å². The molecule has 4 aliphatic rings. The van der Waals surface area contributed by atoms with Crippen LogP contribution in [0.3, 0.4) is 0 Å². The van der Waals surface area contributed by atoms with Gasteiger partial charge in [0.15, 0.2) is 0 Å². The Hall–Kier alpha value is -0.380. The summed E-state index contributed by atoms with van der Waals surface area (Å²) in [6.07, 6.45) is 7.92. The third kappa shape index (κ3) is 1.47. The van der Waals surface area contributed by atoms with Gasteiger partial charge in [-0.1, -0.05) is 13.8 Å². The zero-order valence-electron chi connectivity index (χ0n) is 11.0. The lowest BCUT2D eigenvalue weighted by Gasteiger charge is -2.64. The molecule has 2 unspecified atom stereocenters. The van der Waals surface area contributed by atoms with E-state index in [4.69, 9.17) is 4.42 Å². The maximum Gasteiger partial charge on any atom is 0.284 e. The third-order valence-electron chi connectivity index (χ3n) is 5.48. The van der Waals surface area contributed by atoms with Crippen molar-refractivity contribution in [2.75, 3.05) is 0 Å². The number of halogens is 1. The standard InChI is InChI=1S/C14H19BrN2O/c1-12-3-9-4-13(2,6-12)8-14(5-9,7-12)10-16-17-11(15)18-10/h9H,3-8H2,1-2H3. The van der Waals surface area contributed by atoms with Gasteiger partial charge in [-0.15, -0.1) is 10.2 Å². The summed E-state index contributed by atoms with van der Waals surface area (Å²) < 4.78 is 5.75. The van der Waals surface area contributed by atoms with E-state index < -0.39 is 0 Å². The van der Waals surface area contributed by atoms with Gasteiger partial charge in [-0.2, -0.15) is 0 Å². The third-order valence-corrected chi connectivity index (χ3v) is 5.80. The van der Waals surface area contributed by atoms with E-state index in [1.54, 1.807) is 0 Å². The maximum absolute atomic E-state index is 5.75. The van der Waals surface area contributed by atoms with Crippen LogP contribution in [0.25, 0.3) is 0 Å². The fraction of sp³-hybridized carbons (Fsp3) is 0.857. The molecule has 1 aromatic rings. The van der Waals surface area contributed by atoms with Crippen molar-refractivity contribution in [2.45, 2.75) is 57.8 Å². The van der Waals surface area contributed by atoms with Crippen molar-refractivity contribution in [1.82, 2.24) is 10.2 Å². The Labute approximate surface area is 116 Å². The van der Waals surface area contributed by atoms with Crippen molar-refractivity contribution in [2.24, 2.45) is 16.7 Å². The second-order valence-corrected chi connectivity index (χ2v) is 8.45. The van der Waals surface area contributed by atoms with Crippen molar-refractivity contribution in [1.29, 1.82) is 0 Å². The Morgan fingerprint density at radius 2 is 1.72 bits per heavy atom. The number of hydrogen-bond acceptors (Lipinski definition) is 3. The first-order chi connectivity index (χ1) is 8.41. The minimum atomic E-state index is 0.169. The van der Waals surface area contributed by atoms with Crippen molar-refractivity contribution in [3.8, 4) is 0 Å². The Morgan fingerprint density at radius 3 is 2.22 bits per heavy atom. The van der Waals surface area contributed by atoms with Gasteiger partial charge in [0.1, 0.15) is 0 Å². The highest BCUT2D eigenvalue weighted by Crippen LogP contribution is 2.69.